The molecular weight excluding hydrogens is 324 g/mol. The summed E-state index contributed by atoms with van der Waals surface area (Å²) in [6, 6.07) is 10.4. The molecule has 0 unspecified atom stereocenters. The number of aldehydes is 1. The van der Waals surface area contributed by atoms with Gasteiger partial charge in [0.2, 0.25) is 0 Å². The van der Waals surface area contributed by atoms with Crippen molar-refractivity contribution < 1.29 is 23.8 Å². The lowest BCUT2D eigenvalue weighted by atomic mass is 10.1. The molecule has 0 radical (unpaired) electrons. The monoisotopic (exact) mass is 338 g/mol. The smallest absolute Gasteiger partial charge is 0.338 e. The molecule has 25 heavy (non-hydrogen) atoms. The van der Waals surface area contributed by atoms with Crippen LogP contribution in [0.2, 0.25) is 0 Å². The Morgan fingerprint density at radius 3 is 2.60 bits per heavy atom. The molecule has 0 amide bonds. The summed E-state index contributed by atoms with van der Waals surface area (Å²) in [5.74, 6) is -0.561. The van der Waals surface area contributed by atoms with Crippen LogP contribution in [0.15, 0.2) is 51.7 Å². The van der Waals surface area contributed by atoms with Crippen molar-refractivity contribution in [1.29, 1.82) is 0 Å². The molecule has 3 aromatic rings. The van der Waals surface area contributed by atoms with Crippen LogP contribution >= 0.6 is 0 Å². The fraction of sp³-hybridized carbons (Fsp3) is 0.105. The second-order valence-corrected chi connectivity index (χ2v) is 5.49. The molecule has 1 heterocycles. The third kappa shape index (κ3) is 3.28. The van der Waals surface area contributed by atoms with Gasteiger partial charge >= 0.3 is 11.6 Å². The number of hydrogen-bond acceptors (Lipinski definition) is 6. The zero-order valence-corrected chi connectivity index (χ0v) is 13.3. The molecule has 0 aliphatic carbocycles. The van der Waals surface area contributed by atoms with Gasteiger partial charge in [-0.3, -0.25) is 4.79 Å². The van der Waals surface area contributed by atoms with E-state index in [1.165, 1.54) is 36.4 Å². The molecular formula is C19H14O6. The third-order valence-corrected chi connectivity index (χ3v) is 3.86. The van der Waals surface area contributed by atoms with E-state index >= 15 is 0 Å². The molecule has 6 heteroatoms. The SMILES string of the molecule is Cc1c(O)ccc2c(COC(=O)c3ccc(C=O)cc3)cc(=O)oc12. The Kier molecular flexibility index (Phi) is 4.35. The average molecular weight is 338 g/mol. The van der Waals surface area contributed by atoms with Gasteiger partial charge in [-0.1, -0.05) is 12.1 Å². The Morgan fingerprint density at radius 1 is 1.20 bits per heavy atom. The summed E-state index contributed by atoms with van der Waals surface area (Å²) in [4.78, 5) is 34.5. The summed E-state index contributed by atoms with van der Waals surface area (Å²) < 4.78 is 10.4. The van der Waals surface area contributed by atoms with Crippen molar-refractivity contribution in [2.45, 2.75) is 13.5 Å². The summed E-state index contributed by atoms with van der Waals surface area (Å²) in [7, 11) is 0. The van der Waals surface area contributed by atoms with E-state index in [1.807, 2.05) is 0 Å². The first kappa shape index (κ1) is 16.4. The quantitative estimate of drug-likeness (QED) is 0.446. The molecule has 0 bridgehead atoms. The van der Waals surface area contributed by atoms with Crippen LogP contribution in [0.4, 0.5) is 0 Å². The van der Waals surface area contributed by atoms with Gasteiger partial charge in [0.15, 0.2) is 0 Å². The first-order valence-electron chi connectivity index (χ1n) is 7.47. The highest BCUT2D eigenvalue weighted by Crippen LogP contribution is 2.27. The second-order valence-electron chi connectivity index (χ2n) is 5.49. The van der Waals surface area contributed by atoms with Crippen LogP contribution in [0.1, 0.15) is 31.8 Å². The number of rotatable bonds is 4. The molecule has 1 aromatic heterocycles. The summed E-state index contributed by atoms with van der Waals surface area (Å²) >= 11 is 0. The van der Waals surface area contributed by atoms with Gasteiger partial charge in [-0.25, -0.2) is 9.59 Å². The maximum atomic E-state index is 12.1. The first-order chi connectivity index (χ1) is 12.0. The maximum Gasteiger partial charge on any atom is 0.338 e. The fourth-order valence-electron chi connectivity index (χ4n) is 2.46. The summed E-state index contributed by atoms with van der Waals surface area (Å²) in [5.41, 5.74) is 1.33. The summed E-state index contributed by atoms with van der Waals surface area (Å²) in [6.45, 7) is 1.51. The minimum atomic E-state index is -0.595. The molecule has 6 nitrogen and oxygen atoms in total. The summed E-state index contributed by atoms with van der Waals surface area (Å²) in [6.07, 6.45) is 0.683. The minimum Gasteiger partial charge on any atom is -0.508 e. The number of phenolic OH excluding ortho intramolecular Hbond substituents is 1. The van der Waals surface area contributed by atoms with E-state index in [0.29, 0.717) is 33.9 Å². The van der Waals surface area contributed by atoms with E-state index in [1.54, 1.807) is 13.0 Å². The van der Waals surface area contributed by atoms with Crippen LogP contribution in [-0.4, -0.2) is 17.4 Å². The molecule has 3 rings (SSSR count). The zero-order chi connectivity index (χ0) is 18.0. The van der Waals surface area contributed by atoms with E-state index in [2.05, 4.69) is 0 Å². The Balaban J connectivity index is 1.87. The van der Waals surface area contributed by atoms with Crippen molar-refractivity contribution in [2.75, 3.05) is 0 Å². The van der Waals surface area contributed by atoms with E-state index in [9.17, 15) is 19.5 Å². The Hall–Kier alpha value is -3.41. The van der Waals surface area contributed by atoms with E-state index < -0.39 is 11.6 Å². The Bertz CT molecular complexity index is 1010. The number of carbonyl (C=O) groups is 2. The molecule has 0 aliphatic heterocycles. The van der Waals surface area contributed by atoms with Gasteiger partial charge in [-0.05, 0) is 31.2 Å². The predicted molar refractivity (Wildman–Crippen MR) is 89.8 cm³/mol. The molecule has 0 atom stereocenters. The van der Waals surface area contributed by atoms with Gasteiger partial charge in [0.05, 0.1) is 5.56 Å². The van der Waals surface area contributed by atoms with Crippen LogP contribution in [0, 0.1) is 6.92 Å². The number of phenols is 1. The maximum absolute atomic E-state index is 12.1. The molecule has 126 valence electrons. The number of carbonyl (C=O) groups excluding carboxylic acids is 2. The largest absolute Gasteiger partial charge is 0.508 e. The van der Waals surface area contributed by atoms with Gasteiger partial charge < -0.3 is 14.3 Å². The highest BCUT2D eigenvalue weighted by Gasteiger charge is 2.13. The number of esters is 1. The molecule has 1 N–H and O–H groups in total. The van der Waals surface area contributed by atoms with Crippen molar-refractivity contribution >= 4 is 23.2 Å². The highest BCUT2D eigenvalue weighted by molar-refractivity contribution is 5.91. The van der Waals surface area contributed by atoms with Crippen LogP contribution in [0.25, 0.3) is 11.0 Å². The van der Waals surface area contributed by atoms with Crippen LogP contribution < -0.4 is 5.63 Å². The number of aryl methyl sites for hydroxylation is 1. The molecule has 0 aliphatic rings. The minimum absolute atomic E-state index is 0.0139. The molecule has 0 saturated carbocycles. The fourth-order valence-corrected chi connectivity index (χ4v) is 2.46. The molecule has 0 fully saturated rings. The van der Waals surface area contributed by atoms with Crippen molar-refractivity contribution in [3.8, 4) is 5.75 Å². The Morgan fingerprint density at radius 2 is 1.92 bits per heavy atom. The van der Waals surface area contributed by atoms with Gasteiger partial charge in [-0.2, -0.15) is 0 Å². The van der Waals surface area contributed by atoms with E-state index in [-0.39, 0.29) is 17.9 Å². The predicted octanol–water partition coefficient (Wildman–Crippen LogP) is 2.98. The normalized spacial score (nSPS) is 10.6. The first-order valence-corrected chi connectivity index (χ1v) is 7.47. The summed E-state index contributed by atoms with van der Waals surface area (Å²) in [5, 5.41) is 10.3. The average Bonchev–Trinajstić information content (AvgIpc) is 2.63. The van der Waals surface area contributed by atoms with Crippen LogP contribution in [0.5, 0.6) is 5.75 Å². The van der Waals surface area contributed by atoms with Crippen molar-refractivity contribution in [3.05, 3.63) is 75.1 Å². The third-order valence-electron chi connectivity index (χ3n) is 3.86. The topological polar surface area (TPSA) is 93.8 Å². The zero-order valence-electron chi connectivity index (χ0n) is 13.3. The number of ether oxygens (including phenoxy) is 1. The van der Waals surface area contributed by atoms with Gasteiger partial charge in [-0.15, -0.1) is 0 Å². The Labute approximate surface area is 142 Å². The molecule has 0 spiro atoms. The lowest BCUT2D eigenvalue weighted by Crippen LogP contribution is -2.08. The second kappa shape index (κ2) is 6.60. The van der Waals surface area contributed by atoms with Gasteiger partial charge in [0, 0.05) is 28.1 Å². The van der Waals surface area contributed by atoms with E-state index in [4.69, 9.17) is 9.15 Å². The van der Waals surface area contributed by atoms with Gasteiger partial charge in [0.25, 0.3) is 0 Å². The van der Waals surface area contributed by atoms with Crippen molar-refractivity contribution in [2.24, 2.45) is 0 Å². The molecule has 2 aromatic carbocycles. The van der Waals surface area contributed by atoms with E-state index in [0.717, 1.165) is 0 Å². The number of hydrogen-bond donors (Lipinski definition) is 1. The number of fused-ring (bicyclic) bond motifs is 1. The van der Waals surface area contributed by atoms with Gasteiger partial charge in [0.1, 0.15) is 24.2 Å². The van der Waals surface area contributed by atoms with Crippen LogP contribution in [0.3, 0.4) is 0 Å². The lowest BCUT2D eigenvalue weighted by Gasteiger charge is -2.09. The highest BCUT2D eigenvalue weighted by atomic mass is 16.5. The van der Waals surface area contributed by atoms with Crippen molar-refractivity contribution in [1.82, 2.24) is 0 Å². The van der Waals surface area contributed by atoms with Crippen LogP contribution in [-0.2, 0) is 11.3 Å². The standard InChI is InChI=1S/C19H14O6/c1-11-16(21)7-6-15-14(8-17(22)25-18(11)15)10-24-19(23)13-4-2-12(9-20)3-5-13/h2-9,21H,10H2,1H3. The lowest BCUT2D eigenvalue weighted by molar-refractivity contribution is 0.0473. The molecule has 0 saturated heterocycles. The number of aromatic hydroxyl groups is 1. The number of benzene rings is 2. The van der Waals surface area contributed by atoms with Crippen molar-refractivity contribution in [3.63, 3.8) is 0 Å².